The van der Waals surface area contributed by atoms with Gasteiger partial charge in [0.2, 0.25) is 0 Å². The molecule has 0 unspecified atom stereocenters. The minimum absolute atomic E-state index is 0.275. The van der Waals surface area contributed by atoms with Gasteiger partial charge in [0.1, 0.15) is 5.82 Å². The van der Waals surface area contributed by atoms with Crippen molar-refractivity contribution >= 4 is 12.1 Å². The Balaban J connectivity index is 2.21. The average Bonchev–Trinajstić information content (AvgIpc) is 2.65. The van der Waals surface area contributed by atoms with Crippen LogP contribution in [0.4, 0.5) is 4.39 Å². The van der Waals surface area contributed by atoms with Crippen LogP contribution in [0, 0.1) is 5.82 Å². The summed E-state index contributed by atoms with van der Waals surface area (Å²) in [5.41, 5.74) is 6.85. The Morgan fingerprint density at radius 2 is 2.29 bits per heavy atom. The Labute approximate surface area is 78.8 Å². The Kier molecular flexibility index (Phi) is 1.34. The van der Waals surface area contributed by atoms with E-state index in [0.717, 1.165) is 11.1 Å². The lowest BCUT2D eigenvalue weighted by Gasteiger charge is -2.17. The standard InChI is InChI=1S/C8H6FN5/c9-6-1-2-7-5(3-6)4-10-14-8(7)11-12-13-14/h1-4,12-13H. The van der Waals surface area contributed by atoms with Crippen LogP contribution in [-0.2, 0) is 0 Å². The molecule has 0 saturated carbocycles. The summed E-state index contributed by atoms with van der Waals surface area (Å²) in [5.74, 6) is 0.366. The van der Waals surface area contributed by atoms with Crippen LogP contribution >= 0.6 is 0 Å². The highest BCUT2D eigenvalue weighted by molar-refractivity contribution is 6.08. The molecule has 3 rings (SSSR count). The van der Waals surface area contributed by atoms with E-state index in [0.29, 0.717) is 5.84 Å². The topological polar surface area (TPSA) is 52.0 Å². The number of amidine groups is 1. The van der Waals surface area contributed by atoms with E-state index in [1.807, 2.05) is 0 Å². The van der Waals surface area contributed by atoms with Crippen molar-refractivity contribution in [2.24, 2.45) is 10.2 Å². The van der Waals surface area contributed by atoms with Crippen LogP contribution in [0.5, 0.6) is 0 Å². The average molecular weight is 191 g/mol. The highest BCUT2D eigenvalue weighted by Gasteiger charge is 2.23. The van der Waals surface area contributed by atoms with Crippen LogP contribution in [0.3, 0.4) is 0 Å². The first-order valence-electron chi connectivity index (χ1n) is 4.07. The minimum Gasteiger partial charge on any atom is -0.221 e. The number of rotatable bonds is 0. The first kappa shape index (κ1) is 7.45. The number of halogens is 1. The number of hydrogen-bond acceptors (Lipinski definition) is 5. The van der Waals surface area contributed by atoms with Gasteiger partial charge in [-0.3, -0.25) is 0 Å². The fourth-order valence-electron chi connectivity index (χ4n) is 1.45. The Hall–Kier alpha value is -1.95. The number of benzene rings is 1. The molecule has 0 aromatic heterocycles. The van der Waals surface area contributed by atoms with Gasteiger partial charge in [0, 0.05) is 11.1 Å². The highest BCUT2D eigenvalue weighted by atomic mass is 19.1. The van der Waals surface area contributed by atoms with Gasteiger partial charge in [-0.05, 0) is 18.2 Å². The van der Waals surface area contributed by atoms with Crippen molar-refractivity contribution in [3.63, 3.8) is 0 Å². The number of hydrazine groups is 2. The molecule has 0 amide bonds. The van der Waals surface area contributed by atoms with E-state index in [1.54, 1.807) is 12.3 Å². The molecule has 0 atom stereocenters. The molecule has 0 spiro atoms. The maximum atomic E-state index is 12.9. The maximum Gasteiger partial charge on any atom is 0.197 e. The van der Waals surface area contributed by atoms with E-state index in [-0.39, 0.29) is 5.82 Å². The fourth-order valence-corrected chi connectivity index (χ4v) is 1.45. The van der Waals surface area contributed by atoms with Crippen LogP contribution < -0.4 is 11.1 Å². The predicted molar refractivity (Wildman–Crippen MR) is 48.6 cm³/mol. The molecule has 0 bridgehead atoms. The normalized spacial score (nSPS) is 17.2. The monoisotopic (exact) mass is 191 g/mol. The third-order valence-electron chi connectivity index (χ3n) is 2.09. The molecule has 0 radical (unpaired) electrons. The summed E-state index contributed by atoms with van der Waals surface area (Å²) >= 11 is 0. The summed E-state index contributed by atoms with van der Waals surface area (Å²) in [6.45, 7) is 0. The van der Waals surface area contributed by atoms with Crippen LogP contribution in [0.1, 0.15) is 11.1 Å². The molecule has 0 fully saturated rings. The van der Waals surface area contributed by atoms with Crippen molar-refractivity contribution < 1.29 is 4.39 Å². The Morgan fingerprint density at radius 3 is 3.21 bits per heavy atom. The molecule has 0 aliphatic carbocycles. The lowest BCUT2D eigenvalue weighted by atomic mass is 10.1. The molecule has 1 aromatic rings. The summed E-state index contributed by atoms with van der Waals surface area (Å²) in [6.07, 6.45) is 1.58. The Morgan fingerprint density at radius 1 is 1.36 bits per heavy atom. The van der Waals surface area contributed by atoms with E-state index in [9.17, 15) is 4.39 Å². The lowest BCUT2D eigenvalue weighted by molar-refractivity contribution is 0.308. The molecular weight excluding hydrogens is 185 g/mol. The van der Waals surface area contributed by atoms with Crippen molar-refractivity contribution in [3.8, 4) is 0 Å². The molecule has 70 valence electrons. The number of nitrogens with zero attached hydrogens (tertiary/aromatic N) is 3. The molecule has 6 heteroatoms. The van der Waals surface area contributed by atoms with E-state index in [4.69, 9.17) is 0 Å². The number of hydrazone groups is 2. The second kappa shape index (κ2) is 2.52. The second-order valence-electron chi connectivity index (χ2n) is 2.95. The summed E-state index contributed by atoms with van der Waals surface area (Å²) < 4.78 is 12.9. The summed E-state index contributed by atoms with van der Waals surface area (Å²) in [5, 5.41) is 9.47. The first-order valence-corrected chi connectivity index (χ1v) is 4.07. The SMILES string of the molecule is Fc1ccc2c(c1)C=NN1NNN=C21. The molecule has 14 heavy (non-hydrogen) atoms. The van der Waals surface area contributed by atoms with E-state index in [1.165, 1.54) is 17.3 Å². The largest absolute Gasteiger partial charge is 0.221 e. The van der Waals surface area contributed by atoms with Gasteiger partial charge in [-0.25, -0.2) is 9.93 Å². The van der Waals surface area contributed by atoms with Crippen molar-refractivity contribution in [1.82, 2.24) is 16.2 Å². The number of hydrogen-bond donors (Lipinski definition) is 2. The molecular formula is C8H6FN5. The Bertz CT molecular complexity index is 453. The molecule has 2 aliphatic rings. The predicted octanol–water partition coefficient (Wildman–Crippen LogP) is 0.160. The fraction of sp³-hybridized carbons (Fsp3) is 0. The quantitative estimate of drug-likeness (QED) is 0.614. The van der Waals surface area contributed by atoms with Gasteiger partial charge in [0.05, 0.1) is 6.21 Å². The molecule has 1 aromatic carbocycles. The first-order chi connectivity index (χ1) is 6.84. The lowest BCUT2D eigenvalue weighted by Crippen LogP contribution is -2.39. The third-order valence-corrected chi connectivity index (χ3v) is 2.09. The summed E-state index contributed by atoms with van der Waals surface area (Å²) in [7, 11) is 0. The smallest absolute Gasteiger partial charge is 0.197 e. The van der Waals surface area contributed by atoms with Gasteiger partial charge < -0.3 is 0 Å². The van der Waals surface area contributed by atoms with Gasteiger partial charge in [-0.1, -0.05) is 0 Å². The summed E-state index contributed by atoms with van der Waals surface area (Å²) in [4.78, 5) is 0. The zero-order chi connectivity index (χ0) is 9.54. The van der Waals surface area contributed by atoms with Gasteiger partial charge in [-0.2, -0.15) is 10.2 Å². The van der Waals surface area contributed by atoms with Crippen molar-refractivity contribution in [3.05, 3.63) is 35.1 Å². The van der Waals surface area contributed by atoms with E-state index in [2.05, 4.69) is 21.3 Å². The van der Waals surface area contributed by atoms with Crippen molar-refractivity contribution in [1.29, 1.82) is 0 Å². The van der Waals surface area contributed by atoms with E-state index < -0.39 is 0 Å². The van der Waals surface area contributed by atoms with Crippen molar-refractivity contribution in [2.75, 3.05) is 0 Å². The van der Waals surface area contributed by atoms with Crippen LogP contribution in [0.2, 0.25) is 0 Å². The summed E-state index contributed by atoms with van der Waals surface area (Å²) in [6, 6.07) is 4.50. The van der Waals surface area contributed by atoms with Gasteiger partial charge in [0.25, 0.3) is 0 Å². The number of fused-ring (bicyclic) bond motifs is 3. The molecule has 2 N–H and O–H groups in total. The molecule has 2 aliphatic heterocycles. The highest BCUT2D eigenvalue weighted by Crippen LogP contribution is 2.17. The second-order valence-corrected chi connectivity index (χ2v) is 2.95. The maximum absolute atomic E-state index is 12.9. The number of nitrogens with one attached hydrogen (secondary N) is 2. The third kappa shape index (κ3) is 0.912. The van der Waals surface area contributed by atoms with Gasteiger partial charge >= 0.3 is 0 Å². The van der Waals surface area contributed by atoms with Crippen LogP contribution in [0.15, 0.2) is 28.4 Å². The van der Waals surface area contributed by atoms with Gasteiger partial charge in [-0.15, -0.1) is 10.6 Å². The zero-order valence-electron chi connectivity index (χ0n) is 7.03. The molecule has 2 heterocycles. The zero-order valence-corrected chi connectivity index (χ0v) is 7.03. The minimum atomic E-state index is -0.275. The van der Waals surface area contributed by atoms with Crippen molar-refractivity contribution in [2.45, 2.75) is 0 Å². The van der Waals surface area contributed by atoms with Gasteiger partial charge in [0.15, 0.2) is 5.84 Å². The van der Waals surface area contributed by atoms with E-state index >= 15 is 0 Å². The van der Waals surface area contributed by atoms with Crippen LogP contribution in [0.25, 0.3) is 0 Å². The molecule has 5 nitrogen and oxygen atoms in total. The van der Waals surface area contributed by atoms with Crippen LogP contribution in [-0.4, -0.2) is 17.2 Å². The molecule has 0 saturated heterocycles.